The molecule has 0 spiro atoms. The number of Topliss-reactive ketones (excluding diaryl/α,β-unsaturated/α-hetero) is 1. The molecule has 1 aromatic heterocycles. The second-order valence-electron chi connectivity index (χ2n) is 12.6. The number of tetrazole rings is 1. The van der Waals surface area contributed by atoms with Crippen LogP contribution in [0.3, 0.4) is 0 Å². The fourth-order valence-electron chi connectivity index (χ4n) is 5.40. The summed E-state index contributed by atoms with van der Waals surface area (Å²) in [7, 11) is 0. The summed E-state index contributed by atoms with van der Waals surface area (Å²) in [5.74, 6) is 2.15. The number of carbonyl (C=O) groups is 2. The van der Waals surface area contributed by atoms with E-state index in [2.05, 4.69) is 66.7 Å². The number of anilines is 1. The van der Waals surface area contributed by atoms with E-state index in [1.54, 1.807) is 10.7 Å². The molecule has 1 atom stereocenters. The first-order valence-corrected chi connectivity index (χ1v) is 16.9. The van der Waals surface area contributed by atoms with Gasteiger partial charge in [0.05, 0.1) is 17.5 Å². The molecule has 1 heterocycles. The number of fused-ring (bicyclic) bond motifs is 1. The number of hydrogen-bond donors (Lipinski definition) is 1. The van der Waals surface area contributed by atoms with Gasteiger partial charge in [0.15, 0.2) is 5.78 Å². The predicted molar refractivity (Wildman–Crippen MR) is 179 cm³/mol. The van der Waals surface area contributed by atoms with Gasteiger partial charge in [0, 0.05) is 17.7 Å². The van der Waals surface area contributed by atoms with Crippen molar-refractivity contribution in [1.29, 1.82) is 0 Å². The number of carbonyl (C=O) groups excluding carboxylic acids is 2. The summed E-state index contributed by atoms with van der Waals surface area (Å²) >= 11 is 1.36. The van der Waals surface area contributed by atoms with Crippen LogP contribution in [0.1, 0.15) is 80.4 Å². The number of nitrogens with zero attached hydrogens (tertiary/aromatic N) is 4. The molecule has 8 nitrogen and oxygen atoms in total. The van der Waals surface area contributed by atoms with Crippen molar-refractivity contribution in [2.45, 2.75) is 83.0 Å². The van der Waals surface area contributed by atoms with Crippen molar-refractivity contribution in [2.75, 3.05) is 11.9 Å². The lowest BCUT2D eigenvalue weighted by Crippen LogP contribution is -2.14. The molecule has 1 amide bonds. The van der Waals surface area contributed by atoms with E-state index in [1.807, 2.05) is 42.5 Å². The van der Waals surface area contributed by atoms with Gasteiger partial charge in [-0.3, -0.25) is 9.59 Å². The number of rotatable bonds is 15. The first-order valence-electron chi connectivity index (χ1n) is 16.0. The van der Waals surface area contributed by atoms with Crippen molar-refractivity contribution in [3.05, 3.63) is 89.0 Å². The molecule has 45 heavy (non-hydrogen) atoms. The number of ketones is 1. The standard InChI is InChI=1S/C36H43N5O3S/c1-24(2)12-14-26-15-19-32(28(21-26)16-13-25(3)4)44-20-8-11-34(42)37-29-18-17-27-22-33(35(43)31(27)23-29)45-36-38-39-40-41(36)30-9-6-5-7-10-30/h5-7,9-10,15,17-19,21,23-25,33H,8,11-14,16,20,22H2,1-4H3,(H,37,42)/t33-/m1/s1. The van der Waals surface area contributed by atoms with Crippen LogP contribution in [0.15, 0.2) is 71.9 Å². The van der Waals surface area contributed by atoms with Gasteiger partial charge in [-0.2, -0.15) is 4.68 Å². The molecule has 0 fully saturated rings. The third-order valence-corrected chi connectivity index (χ3v) is 9.11. The van der Waals surface area contributed by atoms with Crippen molar-refractivity contribution in [1.82, 2.24) is 20.2 Å². The van der Waals surface area contributed by atoms with E-state index >= 15 is 0 Å². The molecule has 1 aliphatic rings. The molecule has 3 aromatic carbocycles. The molecule has 0 radical (unpaired) electrons. The molecule has 0 saturated carbocycles. The van der Waals surface area contributed by atoms with Crippen LogP contribution in [0.4, 0.5) is 5.69 Å². The van der Waals surface area contributed by atoms with Crippen LogP contribution in [-0.4, -0.2) is 43.8 Å². The van der Waals surface area contributed by atoms with Crippen LogP contribution in [0.25, 0.3) is 5.69 Å². The van der Waals surface area contributed by atoms with E-state index in [0.29, 0.717) is 54.1 Å². The van der Waals surface area contributed by atoms with Crippen LogP contribution < -0.4 is 10.1 Å². The second kappa shape index (κ2) is 15.3. The summed E-state index contributed by atoms with van der Waals surface area (Å²) in [6.07, 6.45) is 5.88. The number of benzene rings is 3. The van der Waals surface area contributed by atoms with Gasteiger partial charge in [-0.15, -0.1) is 5.10 Å². The van der Waals surface area contributed by atoms with Crippen LogP contribution in [0.2, 0.25) is 0 Å². The number of aromatic nitrogens is 4. The summed E-state index contributed by atoms with van der Waals surface area (Å²) in [5.41, 5.74) is 5.68. The maximum atomic E-state index is 13.3. The normalized spacial score (nSPS) is 14.3. The van der Waals surface area contributed by atoms with E-state index in [-0.39, 0.29) is 16.9 Å². The van der Waals surface area contributed by atoms with E-state index in [9.17, 15) is 9.59 Å². The molecule has 5 rings (SSSR count). The number of amides is 1. The summed E-state index contributed by atoms with van der Waals surface area (Å²) in [6, 6.07) is 21.8. The Morgan fingerprint density at radius 3 is 2.56 bits per heavy atom. The van der Waals surface area contributed by atoms with Crippen LogP contribution in [0.5, 0.6) is 5.75 Å². The Hall–Kier alpha value is -3.98. The molecular weight excluding hydrogens is 582 g/mol. The Balaban J connectivity index is 1.12. The predicted octanol–water partition coefficient (Wildman–Crippen LogP) is 7.54. The second-order valence-corrected chi connectivity index (χ2v) is 13.7. The van der Waals surface area contributed by atoms with Crippen molar-refractivity contribution >= 4 is 29.1 Å². The molecule has 0 unspecified atom stereocenters. The van der Waals surface area contributed by atoms with E-state index in [1.165, 1.54) is 29.3 Å². The SMILES string of the molecule is CC(C)CCc1ccc(OCCCC(=O)Nc2ccc3c(c2)C(=O)[C@H](Sc2nnnn2-c2ccccc2)C3)c(CCC(C)C)c1. The van der Waals surface area contributed by atoms with E-state index in [0.717, 1.165) is 36.3 Å². The number of hydrogen-bond acceptors (Lipinski definition) is 7. The molecule has 1 N–H and O–H groups in total. The third-order valence-electron chi connectivity index (χ3n) is 7.98. The molecule has 4 aromatic rings. The Labute approximate surface area is 270 Å². The highest BCUT2D eigenvalue weighted by molar-refractivity contribution is 8.00. The highest BCUT2D eigenvalue weighted by Crippen LogP contribution is 2.35. The zero-order valence-corrected chi connectivity index (χ0v) is 27.5. The molecule has 0 aliphatic heterocycles. The fraction of sp³-hybridized carbons (Fsp3) is 0.417. The fourth-order valence-corrected chi connectivity index (χ4v) is 6.47. The van der Waals surface area contributed by atoms with Gasteiger partial charge < -0.3 is 10.1 Å². The van der Waals surface area contributed by atoms with Gasteiger partial charge in [0.2, 0.25) is 11.1 Å². The van der Waals surface area contributed by atoms with Crippen molar-refractivity contribution in [2.24, 2.45) is 11.8 Å². The number of thioether (sulfide) groups is 1. The third kappa shape index (κ3) is 8.81. The van der Waals surface area contributed by atoms with Gasteiger partial charge in [0.1, 0.15) is 5.75 Å². The zero-order valence-electron chi connectivity index (χ0n) is 26.7. The molecular formula is C36H43N5O3S. The minimum Gasteiger partial charge on any atom is -0.493 e. The van der Waals surface area contributed by atoms with Crippen molar-refractivity contribution in [3.63, 3.8) is 0 Å². The lowest BCUT2D eigenvalue weighted by molar-refractivity contribution is -0.116. The van der Waals surface area contributed by atoms with Crippen molar-refractivity contribution < 1.29 is 14.3 Å². The topological polar surface area (TPSA) is 99.0 Å². The Kier molecular flexibility index (Phi) is 11.1. The molecule has 0 saturated heterocycles. The Morgan fingerprint density at radius 1 is 1.00 bits per heavy atom. The van der Waals surface area contributed by atoms with E-state index in [4.69, 9.17) is 4.74 Å². The summed E-state index contributed by atoms with van der Waals surface area (Å²) < 4.78 is 7.82. The first kappa shape index (κ1) is 32.4. The van der Waals surface area contributed by atoms with Crippen molar-refractivity contribution in [3.8, 4) is 11.4 Å². The maximum absolute atomic E-state index is 13.3. The molecule has 9 heteroatoms. The number of para-hydroxylation sites is 1. The summed E-state index contributed by atoms with van der Waals surface area (Å²) in [4.78, 5) is 26.1. The summed E-state index contributed by atoms with van der Waals surface area (Å²) in [5, 5.41) is 15.3. The van der Waals surface area contributed by atoms with Crippen LogP contribution >= 0.6 is 11.8 Å². The summed E-state index contributed by atoms with van der Waals surface area (Å²) in [6.45, 7) is 9.47. The minimum absolute atomic E-state index is 0.0191. The van der Waals surface area contributed by atoms with Gasteiger partial charge >= 0.3 is 0 Å². The lowest BCUT2D eigenvalue weighted by atomic mass is 9.97. The Morgan fingerprint density at radius 2 is 1.78 bits per heavy atom. The number of aryl methyl sites for hydroxylation is 2. The average molecular weight is 626 g/mol. The van der Waals surface area contributed by atoms with Gasteiger partial charge in [-0.25, -0.2) is 0 Å². The molecule has 1 aliphatic carbocycles. The Bertz CT molecular complexity index is 1600. The number of nitrogens with one attached hydrogen (secondary N) is 1. The monoisotopic (exact) mass is 625 g/mol. The minimum atomic E-state index is -0.328. The highest BCUT2D eigenvalue weighted by Gasteiger charge is 2.33. The van der Waals surface area contributed by atoms with Gasteiger partial charge in [-0.05, 0) is 108 Å². The number of ether oxygens (including phenoxy) is 1. The van der Waals surface area contributed by atoms with Gasteiger partial charge in [-0.1, -0.05) is 75.9 Å². The lowest BCUT2D eigenvalue weighted by Gasteiger charge is -2.15. The van der Waals surface area contributed by atoms with Gasteiger partial charge in [0.25, 0.3) is 0 Å². The first-order chi connectivity index (χ1) is 21.8. The smallest absolute Gasteiger partial charge is 0.224 e. The molecule has 236 valence electrons. The van der Waals surface area contributed by atoms with Crippen LogP contribution in [-0.2, 0) is 24.1 Å². The highest BCUT2D eigenvalue weighted by atomic mass is 32.2. The molecule has 0 bridgehead atoms. The average Bonchev–Trinajstić information content (AvgIpc) is 3.62. The van der Waals surface area contributed by atoms with E-state index < -0.39 is 0 Å². The quantitative estimate of drug-likeness (QED) is 0.136. The zero-order chi connectivity index (χ0) is 31.8. The van der Waals surface area contributed by atoms with Crippen LogP contribution in [0, 0.1) is 11.8 Å². The maximum Gasteiger partial charge on any atom is 0.224 e. The largest absolute Gasteiger partial charge is 0.493 e.